The average molecular weight is 601 g/mol. The quantitative estimate of drug-likeness (QED) is 0.0907. The number of aromatic nitrogens is 1. The zero-order valence-electron chi connectivity index (χ0n) is 26.6. The minimum absolute atomic E-state index is 0.129. The van der Waals surface area contributed by atoms with E-state index < -0.39 is 6.67 Å². The lowest BCUT2D eigenvalue weighted by Gasteiger charge is -2.30. The number of rotatable bonds is 20. The van der Waals surface area contributed by atoms with Crippen LogP contribution in [0.5, 0.6) is 0 Å². The van der Waals surface area contributed by atoms with Crippen molar-refractivity contribution in [3.8, 4) is 6.07 Å². The molecule has 1 aromatic heterocycles. The SMILES string of the molecule is C=N/C(CC)=C(\N(C)C/C=C\C(=C)N(C)CCCCN(CC)CC(=O)N(C)C)N(C)c1nc(C/C(C#N)=C\CF)cs1. The smallest absolute Gasteiger partial charge is 0.236 e. The van der Waals surface area contributed by atoms with E-state index in [1.807, 2.05) is 50.5 Å². The Bertz CT molecular complexity index is 1150. The Hall–Kier alpha value is -3.49. The second-order valence-electron chi connectivity index (χ2n) is 10.2. The number of amides is 1. The van der Waals surface area contributed by atoms with Crippen LogP contribution in [0.4, 0.5) is 9.52 Å². The van der Waals surface area contributed by atoms with Gasteiger partial charge in [0.1, 0.15) is 12.5 Å². The number of allylic oxidation sites excluding steroid dienone is 4. The number of halogens is 1. The Balaban J connectivity index is 2.78. The number of carbonyl (C=O) groups is 1. The molecule has 0 unspecified atom stereocenters. The predicted molar refractivity (Wildman–Crippen MR) is 174 cm³/mol. The predicted octanol–water partition coefficient (Wildman–Crippen LogP) is 4.94. The summed E-state index contributed by atoms with van der Waals surface area (Å²) in [5, 5.41) is 11.9. The fourth-order valence-electron chi connectivity index (χ4n) is 4.15. The van der Waals surface area contributed by atoms with Crippen LogP contribution in [0.3, 0.4) is 0 Å². The van der Waals surface area contributed by atoms with Gasteiger partial charge in [-0.05, 0) is 51.2 Å². The van der Waals surface area contributed by atoms with Crippen molar-refractivity contribution in [3.63, 3.8) is 0 Å². The number of carbonyl (C=O) groups excluding carboxylic acids is 1. The maximum Gasteiger partial charge on any atom is 0.236 e. The number of likely N-dealkylation sites (N-methyl/N-ethyl adjacent to an activating group) is 4. The van der Waals surface area contributed by atoms with Gasteiger partial charge in [0.2, 0.25) is 5.91 Å². The summed E-state index contributed by atoms with van der Waals surface area (Å²) in [6.45, 7) is 15.2. The van der Waals surface area contributed by atoms with Crippen molar-refractivity contribution in [1.82, 2.24) is 24.6 Å². The van der Waals surface area contributed by atoms with Crippen LogP contribution in [0.1, 0.15) is 38.8 Å². The molecule has 0 spiro atoms. The molecule has 0 bridgehead atoms. The van der Waals surface area contributed by atoms with Crippen molar-refractivity contribution in [1.29, 1.82) is 5.26 Å². The Kier molecular flexibility index (Phi) is 17.0. The maximum atomic E-state index is 12.7. The second-order valence-corrected chi connectivity index (χ2v) is 11.0. The van der Waals surface area contributed by atoms with E-state index in [2.05, 4.69) is 51.0 Å². The lowest BCUT2D eigenvalue weighted by atomic mass is 10.1. The molecule has 0 fully saturated rings. The minimum atomic E-state index is -0.670. The van der Waals surface area contributed by atoms with E-state index in [0.717, 1.165) is 60.5 Å². The van der Waals surface area contributed by atoms with Crippen LogP contribution in [-0.4, -0.2) is 112 Å². The van der Waals surface area contributed by atoms with Crippen LogP contribution in [-0.2, 0) is 11.2 Å². The lowest BCUT2D eigenvalue weighted by molar-refractivity contribution is -0.129. The zero-order chi connectivity index (χ0) is 31.7. The van der Waals surface area contributed by atoms with Crippen LogP contribution < -0.4 is 4.90 Å². The van der Waals surface area contributed by atoms with Crippen molar-refractivity contribution in [2.75, 3.05) is 79.5 Å². The maximum absolute atomic E-state index is 12.7. The third kappa shape index (κ3) is 12.2. The van der Waals surface area contributed by atoms with Gasteiger partial charge in [-0.25, -0.2) is 9.37 Å². The first-order valence-electron chi connectivity index (χ1n) is 14.3. The highest BCUT2D eigenvalue weighted by atomic mass is 32.1. The van der Waals surface area contributed by atoms with Crippen molar-refractivity contribution in [2.45, 2.75) is 39.5 Å². The van der Waals surface area contributed by atoms with E-state index in [1.54, 1.807) is 19.0 Å². The molecule has 0 aliphatic carbocycles. The highest BCUT2D eigenvalue weighted by Gasteiger charge is 2.19. The fraction of sp³-hybridized carbons (Fsp3) is 0.548. The van der Waals surface area contributed by atoms with Crippen LogP contribution in [0.25, 0.3) is 0 Å². The molecule has 1 amide bonds. The third-order valence-electron chi connectivity index (χ3n) is 6.83. The summed E-state index contributed by atoms with van der Waals surface area (Å²) in [6.07, 6.45) is 8.39. The van der Waals surface area contributed by atoms with E-state index in [-0.39, 0.29) is 5.91 Å². The largest absolute Gasteiger partial charge is 0.375 e. The Morgan fingerprint density at radius 1 is 1.17 bits per heavy atom. The molecule has 0 aliphatic rings. The van der Waals surface area contributed by atoms with Gasteiger partial charge in [0, 0.05) is 71.4 Å². The first kappa shape index (κ1) is 36.5. The Morgan fingerprint density at radius 3 is 2.43 bits per heavy atom. The second kappa shape index (κ2) is 19.6. The summed E-state index contributed by atoms with van der Waals surface area (Å²) in [6, 6.07) is 2.04. The number of thiazole rings is 1. The monoisotopic (exact) mass is 600 g/mol. The molecular formula is C31H49FN8OS. The van der Waals surface area contributed by atoms with E-state index in [1.165, 1.54) is 17.4 Å². The highest BCUT2D eigenvalue weighted by molar-refractivity contribution is 7.13. The van der Waals surface area contributed by atoms with E-state index in [0.29, 0.717) is 31.5 Å². The van der Waals surface area contributed by atoms with E-state index in [9.17, 15) is 14.4 Å². The van der Waals surface area contributed by atoms with E-state index >= 15 is 0 Å². The molecule has 9 nitrogen and oxygen atoms in total. The van der Waals surface area contributed by atoms with Crippen LogP contribution in [0.2, 0.25) is 0 Å². The van der Waals surface area contributed by atoms with Crippen LogP contribution >= 0.6 is 11.3 Å². The summed E-state index contributed by atoms with van der Waals surface area (Å²) in [5.41, 5.74) is 2.85. The number of unbranched alkanes of at least 4 members (excludes halogenated alkanes) is 1. The van der Waals surface area contributed by atoms with Crippen molar-refractivity contribution < 1.29 is 9.18 Å². The summed E-state index contributed by atoms with van der Waals surface area (Å²) < 4.78 is 12.7. The molecule has 1 aromatic rings. The number of anilines is 1. The van der Waals surface area contributed by atoms with Crippen LogP contribution in [0.15, 0.2) is 58.0 Å². The van der Waals surface area contributed by atoms with Gasteiger partial charge >= 0.3 is 0 Å². The summed E-state index contributed by atoms with van der Waals surface area (Å²) >= 11 is 1.46. The fourth-order valence-corrected chi connectivity index (χ4v) is 4.94. The molecule has 0 aliphatic heterocycles. The van der Waals surface area contributed by atoms with Crippen molar-refractivity contribution in [2.24, 2.45) is 4.99 Å². The van der Waals surface area contributed by atoms with Gasteiger partial charge in [0.15, 0.2) is 5.13 Å². The number of hydrogen-bond acceptors (Lipinski definition) is 9. The van der Waals surface area contributed by atoms with Gasteiger partial charge in [-0.1, -0.05) is 26.5 Å². The van der Waals surface area contributed by atoms with Gasteiger partial charge in [-0.3, -0.25) is 14.7 Å². The molecule has 232 valence electrons. The minimum Gasteiger partial charge on any atom is -0.375 e. The Labute approximate surface area is 256 Å². The third-order valence-corrected chi connectivity index (χ3v) is 7.80. The summed E-state index contributed by atoms with van der Waals surface area (Å²) in [5.74, 6) is 1.01. The zero-order valence-corrected chi connectivity index (χ0v) is 27.4. The number of alkyl halides is 1. The van der Waals surface area contributed by atoms with Gasteiger partial charge in [-0.15, -0.1) is 11.3 Å². The standard InChI is InChI=1S/C31H49FN8OS/c1-10-28(34-4)30(39(9)31-35-27(24-42-31)21-26(22-33)16-17-32)38(8)19-14-15-25(3)37(7)18-12-13-20-40(11-2)23-29(41)36(5)6/h14-16,24H,3-4,10-13,17-21,23H2,1-2,5-9H3/b15-14-,26-16+,30-28+. The van der Waals surface area contributed by atoms with Gasteiger partial charge < -0.3 is 19.6 Å². The summed E-state index contributed by atoms with van der Waals surface area (Å²) in [4.78, 5) is 31.0. The lowest BCUT2D eigenvalue weighted by Crippen LogP contribution is -2.37. The van der Waals surface area contributed by atoms with Crippen molar-refractivity contribution >= 4 is 29.1 Å². The van der Waals surface area contributed by atoms with Gasteiger partial charge in [0.05, 0.1) is 24.0 Å². The molecule has 0 aromatic carbocycles. The highest BCUT2D eigenvalue weighted by Crippen LogP contribution is 2.27. The average Bonchev–Trinajstić information content (AvgIpc) is 3.44. The van der Waals surface area contributed by atoms with Gasteiger partial charge in [-0.2, -0.15) is 5.26 Å². The molecule has 0 saturated heterocycles. The molecule has 1 rings (SSSR count). The molecule has 1 heterocycles. The molecule has 0 atom stereocenters. The first-order valence-corrected chi connectivity index (χ1v) is 15.1. The number of aliphatic imine (C=N–C) groups is 1. The summed E-state index contributed by atoms with van der Waals surface area (Å²) in [7, 11) is 9.55. The van der Waals surface area contributed by atoms with Crippen molar-refractivity contribution in [3.05, 3.63) is 58.7 Å². The number of nitrogens with zero attached hydrogens (tertiary/aromatic N) is 8. The molecule has 11 heteroatoms. The van der Waals surface area contributed by atoms with E-state index in [4.69, 9.17) is 0 Å². The molecular weight excluding hydrogens is 551 g/mol. The molecule has 42 heavy (non-hydrogen) atoms. The Morgan fingerprint density at radius 2 is 1.86 bits per heavy atom. The normalized spacial score (nSPS) is 12.2. The first-order chi connectivity index (χ1) is 20.0. The molecule has 0 radical (unpaired) electrons. The molecule has 0 N–H and O–H groups in total. The van der Waals surface area contributed by atoms with Gasteiger partial charge in [0.25, 0.3) is 0 Å². The number of nitriles is 1. The topological polar surface area (TPSA) is 82.3 Å². The number of hydrogen-bond donors (Lipinski definition) is 0. The van der Waals surface area contributed by atoms with Crippen LogP contribution in [0, 0.1) is 11.3 Å². The molecule has 0 saturated carbocycles.